The average Bonchev–Trinajstić information content (AvgIpc) is 3.38. The third-order valence-corrected chi connectivity index (χ3v) is 5.89. The Kier molecular flexibility index (Phi) is 3.71. The molecule has 0 saturated heterocycles. The van der Waals surface area contributed by atoms with Crippen LogP contribution in [0.3, 0.4) is 0 Å². The second-order valence-corrected chi connectivity index (χ2v) is 7.71. The maximum absolute atomic E-state index is 4.44. The topological polar surface area (TPSA) is 55.1 Å². The average molecular weight is 361 g/mol. The molecule has 1 unspecified atom stereocenters. The zero-order valence-electron chi connectivity index (χ0n) is 14.5. The van der Waals surface area contributed by atoms with Gasteiger partial charge in [0.1, 0.15) is 12.1 Å². The van der Waals surface area contributed by atoms with Gasteiger partial charge >= 0.3 is 0 Å². The number of rotatable bonds is 4. The first-order chi connectivity index (χ1) is 12.8. The van der Waals surface area contributed by atoms with E-state index in [0.29, 0.717) is 5.78 Å². The van der Waals surface area contributed by atoms with Crippen molar-refractivity contribution in [2.45, 2.75) is 32.2 Å². The molecule has 0 radical (unpaired) electrons. The maximum atomic E-state index is 4.44. The minimum atomic E-state index is 0.0788. The molecule has 1 aliphatic carbocycles. The Bertz CT molecular complexity index is 1070. The molecule has 0 bridgehead atoms. The second kappa shape index (κ2) is 6.21. The first-order valence-corrected chi connectivity index (χ1v) is 9.75. The summed E-state index contributed by atoms with van der Waals surface area (Å²) in [6.45, 7) is 1.98. The summed E-state index contributed by atoms with van der Waals surface area (Å²) in [5, 5.41) is 10.1. The first-order valence-electron chi connectivity index (χ1n) is 8.87. The Morgan fingerprint density at radius 2 is 2.08 bits per heavy atom. The quantitative estimate of drug-likeness (QED) is 0.592. The molecule has 0 saturated carbocycles. The Balaban J connectivity index is 1.60. The molecular formula is C20H19N5S. The summed E-state index contributed by atoms with van der Waals surface area (Å²) >= 11 is 1.77. The van der Waals surface area contributed by atoms with Crippen LogP contribution in [0.15, 0.2) is 48.1 Å². The van der Waals surface area contributed by atoms with E-state index in [1.807, 2.05) is 13.0 Å². The van der Waals surface area contributed by atoms with Crippen molar-refractivity contribution >= 4 is 22.9 Å². The summed E-state index contributed by atoms with van der Waals surface area (Å²) in [6, 6.07) is 13.3. The summed E-state index contributed by atoms with van der Waals surface area (Å²) in [6.07, 6.45) is 5.19. The predicted octanol–water partition coefficient (Wildman–Crippen LogP) is 4.18. The van der Waals surface area contributed by atoms with Crippen molar-refractivity contribution in [2.24, 2.45) is 0 Å². The summed E-state index contributed by atoms with van der Waals surface area (Å²) < 4.78 is 1.76. The van der Waals surface area contributed by atoms with Crippen molar-refractivity contribution in [1.82, 2.24) is 19.6 Å². The number of aryl methyl sites for hydroxylation is 3. The third kappa shape index (κ3) is 2.66. The van der Waals surface area contributed by atoms with E-state index in [4.69, 9.17) is 0 Å². The molecule has 0 amide bonds. The van der Waals surface area contributed by atoms with Gasteiger partial charge in [-0.2, -0.15) is 14.6 Å². The van der Waals surface area contributed by atoms with Crippen LogP contribution in [0.5, 0.6) is 0 Å². The van der Waals surface area contributed by atoms with E-state index in [2.05, 4.69) is 56.1 Å². The smallest absolute Gasteiger partial charge is 0.254 e. The minimum Gasteiger partial charge on any atom is -0.358 e. The van der Waals surface area contributed by atoms with Crippen LogP contribution >= 0.6 is 11.3 Å². The van der Waals surface area contributed by atoms with E-state index in [1.165, 1.54) is 40.8 Å². The Morgan fingerprint density at radius 3 is 2.96 bits per heavy atom. The molecule has 4 aromatic rings. The molecule has 3 heterocycles. The van der Waals surface area contributed by atoms with Gasteiger partial charge in [0.05, 0.1) is 6.04 Å². The third-order valence-electron chi connectivity index (χ3n) is 4.96. The van der Waals surface area contributed by atoms with Gasteiger partial charge in [0.15, 0.2) is 0 Å². The predicted molar refractivity (Wildman–Crippen MR) is 104 cm³/mol. The lowest BCUT2D eigenvalue weighted by molar-refractivity contribution is 0.876. The number of thiophene rings is 1. The van der Waals surface area contributed by atoms with Gasteiger partial charge in [-0.05, 0) is 54.3 Å². The molecule has 6 heteroatoms. The Morgan fingerprint density at radius 1 is 1.15 bits per heavy atom. The fourth-order valence-electron chi connectivity index (χ4n) is 3.73. The molecule has 1 N–H and O–H groups in total. The second-order valence-electron chi connectivity index (χ2n) is 6.73. The minimum absolute atomic E-state index is 0.0788. The molecule has 130 valence electrons. The van der Waals surface area contributed by atoms with Gasteiger partial charge in [-0.15, -0.1) is 11.3 Å². The lowest BCUT2D eigenvalue weighted by atomic mass is 10.00. The van der Waals surface area contributed by atoms with Crippen molar-refractivity contribution in [3.05, 3.63) is 75.4 Å². The van der Waals surface area contributed by atoms with Crippen molar-refractivity contribution in [3.63, 3.8) is 0 Å². The summed E-state index contributed by atoms with van der Waals surface area (Å²) in [5.74, 6) is 1.52. The highest BCUT2D eigenvalue weighted by Gasteiger charge is 2.20. The van der Waals surface area contributed by atoms with E-state index in [1.54, 1.807) is 22.2 Å². The molecular weight excluding hydrogens is 342 g/mol. The van der Waals surface area contributed by atoms with Gasteiger partial charge in [-0.1, -0.05) is 24.3 Å². The summed E-state index contributed by atoms with van der Waals surface area (Å²) in [5.41, 5.74) is 5.20. The van der Waals surface area contributed by atoms with Crippen LogP contribution in [0.2, 0.25) is 0 Å². The molecule has 3 aromatic heterocycles. The van der Waals surface area contributed by atoms with Crippen molar-refractivity contribution in [1.29, 1.82) is 0 Å². The standard InChI is InChI=1S/C20H19N5S/c1-13-10-18(25-20(23-13)21-12-22-25)24-19(17-6-3-9-26-17)16-8-7-14-4-2-5-15(14)11-16/h3,6-12,19,24H,2,4-5H2,1H3. The SMILES string of the molecule is Cc1cc(NC(c2ccc3c(c2)CCC3)c2cccs2)n2ncnc2n1. The van der Waals surface area contributed by atoms with E-state index >= 15 is 0 Å². The number of benzene rings is 1. The molecule has 0 aliphatic heterocycles. The van der Waals surface area contributed by atoms with Gasteiger partial charge in [0.25, 0.3) is 5.78 Å². The van der Waals surface area contributed by atoms with Crippen LogP contribution in [0.25, 0.3) is 5.78 Å². The van der Waals surface area contributed by atoms with Crippen LogP contribution in [-0.4, -0.2) is 19.6 Å². The van der Waals surface area contributed by atoms with E-state index in [9.17, 15) is 0 Å². The van der Waals surface area contributed by atoms with Crippen molar-refractivity contribution < 1.29 is 0 Å². The molecule has 5 nitrogen and oxygen atoms in total. The zero-order chi connectivity index (χ0) is 17.5. The van der Waals surface area contributed by atoms with Crippen LogP contribution < -0.4 is 5.32 Å². The molecule has 5 rings (SSSR count). The van der Waals surface area contributed by atoms with Crippen LogP contribution in [-0.2, 0) is 12.8 Å². The van der Waals surface area contributed by atoms with E-state index in [-0.39, 0.29) is 6.04 Å². The molecule has 1 atom stereocenters. The lowest BCUT2D eigenvalue weighted by Crippen LogP contribution is -2.15. The number of hydrogen-bond donors (Lipinski definition) is 1. The normalized spacial score (nSPS) is 14.5. The highest BCUT2D eigenvalue weighted by atomic mass is 32.1. The largest absolute Gasteiger partial charge is 0.358 e. The van der Waals surface area contributed by atoms with E-state index < -0.39 is 0 Å². The monoisotopic (exact) mass is 361 g/mol. The van der Waals surface area contributed by atoms with Gasteiger partial charge in [0, 0.05) is 16.6 Å². The number of fused-ring (bicyclic) bond motifs is 2. The molecule has 0 fully saturated rings. The zero-order valence-corrected chi connectivity index (χ0v) is 15.3. The van der Waals surface area contributed by atoms with Gasteiger partial charge in [0.2, 0.25) is 0 Å². The van der Waals surface area contributed by atoms with Crippen LogP contribution in [0.4, 0.5) is 5.82 Å². The van der Waals surface area contributed by atoms with E-state index in [0.717, 1.165) is 11.5 Å². The number of anilines is 1. The fraction of sp³-hybridized carbons (Fsp3) is 0.250. The Hall–Kier alpha value is -2.73. The van der Waals surface area contributed by atoms with Crippen molar-refractivity contribution in [3.8, 4) is 0 Å². The molecule has 1 aliphatic rings. The fourth-order valence-corrected chi connectivity index (χ4v) is 4.53. The van der Waals surface area contributed by atoms with Crippen LogP contribution in [0.1, 0.15) is 39.7 Å². The number of hydrogen-bond acceptors (Lipinski definition) is 5. The molecule has 1 aromatic carbocycles. The summed E-state index contributed by atoms with van der Waals surface area (Å²) in [4.78, 5) is 9.95. The van der Waals surface area contributed by atoms with Gasteiger partial charge in [-0.3, -0.25) is 0 Å². The molecule has 0 spiro atoms. The lowest BCUT2D eigenvalue weighted by Gasteiger charge is -2.21. The molecule has 26 heavy (non-hydrogen) atoms. The highest BCUT2D eigenvalue weighted by Crippen LogP contribution is 2.33. The number of nitrogens with zero attached hydrogens (tertiary/aromatic N) is 4. The van der Waals surface area contributed by atoms with Crippen LogP contribution in [0, 0.1) is 6.92 Å². The van der Waals surface area contributed by atoms with Gasteiger partial charge in [-0.25, -0.2) is 4.98 Å². The van der Waals surface area contributed by atoms with Gasteiger partial charge < -0.3 is 5.32 Å². The Labute approximate surface area is 155 Å². The number of nitrogens with one attached hydrogen (secondary N) is 1. The summed E-state index contributed by atoms with van der Waals surface area (Å²) in [7, 11) is 0. The first kappa shape index (κ1) is 15.5. The van der Waals surface area contributed by atoms with Crippen molar-refractivity contribution in [2.75, 3.05) is 5.32 Å². The highest BCUT2D eigenvalue weighted by molar-refractivity contribution is 7.10. The number of aromatic nitrogens is 4. The maximum Gasteiger partial charge on any atom is 0.254 e.